The van der Waals surface area contributed by atoms with E-state index in [-0.39, 0.29) is 11.4 Å². The summed E-state index contributed by atoms with van der Waals surface area (Å²) >= 11 is 0. The van der Waals surface area contributed by atoms with Crippen LogP contribution in [0.4, 0.5) is 17.1 Å². The number of anilines is 1. The molecule has 3 aromatic rings. The summed E-state index contributed by atoms with van der Waals surface area (Å²) < 4.78 is 0. The Kier molecular flexibility index (Phi) is 8.88. The van der Waals surface area contributed by atoms with Crippen molar-refractivity contribution >= 4 is 47.6 Å². The van der Waals surface area contributed by atoms with E-state index in [1.807, 2.05) is 0 Å². The average Bonchev–Trinajstić information content (AvgIpc) is 2.88. The van der Waals surface area contributed by atoms with Gasteiger partial charge in [-0.05, 0) is 54.6 Å². The maximum absolute atomic E-state index is 12.3. The van der Waals surface area contributed by atoms with Crippen LogP contribution in [0.25, 0.3) is 12.2 Å². The first-order valence-electron chi connectivity index (χ1n) is 10.5. The van der Waals surface area contributed by atoms with Gasteiger partial charge in [-0.15, -0.1) is 0 Å². The number of hydrogen-bond donors (Lipinski definition) is 2. The van der Waals surface area contributed by atoms with Crippen molar-refractivity contribution in [2.24, 2.45) is 10.2 Å². The molecule has 0 heterocycles. The van der Waals surface area contributed by atoms with Crippen LogP contribution in [0.3, 0.4) is 0 Å². The molecule has 11 heteroatoms. The Labute approximate surface area is 205 Å². The number of nitrogens with one attached hydrogen (secondary N) is 2. The molecule has 11 nitrogen and oxygen atoms in total. The van der Waals surface area contributed by atoms with Crippen molar-refractivity contribution in [3.63, 3.8) is 0 Å². The maximum atomic E-state index is 12.3. The number of amides is 1. The molecule has 0 aliphatic rings. The summed E-state index contributed by atoms with van der Waals surface area (Å²) in [7, 11) is 0. The van der Waals surface area contributed by atoms with Gasteiger partial charge in [0.1, 0.15) is 0 Å². The van der Waals surface area contributed by atoms with Crippen molar-refractivity contribution in [3.8, 4) is 0 Å². The number of rotatable bonds is 10. The molecular weight excluding hydrogens is 464 g/mol. The van der Waals surface area contributed by atoms with E-state index in [1.54, 1.807) is 72.8 Å². The molecule has 180 valence electrons. The Morgan fingerprint density at radius 3 is 1.89 bits per heavy atom. The van der Waals surface area contributed by atoms with Crippen LogP contribution in [0.5, 0.6) is 0 Å². The first-order valence-corrected chi connectivity index (χ1v) is 10.5. The Morgan fingerprint density at radius 1 is 0.750 bits per heavy atom. The van der Waals surface area contributed by atoms with Gasteiger partial charge in [-0.3, -0.25) is 30.4 Å². The third kappa shape index (κ3) is 7.28. The van der Waals surface area contributed by atoms with Crippen LogP contribution in [0, 0.1) is 20.2 Å². The molecule has 0 atom stereocenters. The van der Waals surface area contributed by atoms with Gasteiger partial charge in [-0.2, -0.15) is 10.2 Å². The van der Waals surface area contributed by atoms with Crippen molar-refractivity contribution in [1.29, 1.82) is 0 Å². The van der Waals surface area contributed by atoms with Gasteiger partial charge in [0.05, 0.1) is 26.7 Å². The molecule has 0 fully saturated rings. The number of carbonyl (C=O) groups is 1. The zero-order valence-electron chi connectivity index (χ0n) is 18.7. The first kappa shape index (κ1) is 25.2. The molecule has 0 unspecified atom stereocenters. The molecule has 2 N–H and O–H groups in total. The topological polar surface area (TPSA) is 152 Å². The summed E-state index contributed by atoms with van der Waals surface area (Å²) in [6.45, 7) is 0. The zero-order chi connectivity index (χ0) is 25.8. The molecular formula is C25H20N6O5. The van der Waals surface area contributed by atoms with Gasteiger partial charge in [-0.1, -0.05) is 30.3 Å². The average molecular weight is 484 g/mol. The van der Waals surface area contributed by atoms with Crippen LogP contribution in [0.2, 0.25) is 0 Å². The second-order valence-electron chi connectivity index (χ2n) is 7.04. The first-order chi connectivity index (χ1) is 17.5. The molecule has 0 aromatic heterocycles. The van der Waals surface area contributed by atoms with E-state index in [0.717, 1.165) is 0 Å². The van der Waals surface area contributed by atoms with E-state index in [2.05, 4.69) is 21.1 Å². The smallest absolute Gasteiger partial charge is 0.276 e. The van der Waals surface area contributed by atoms with Gasteiger partial charge in [0, 0.05) is 30.1 Å². The molecule has 36 heavy (non-hydrogen) atoms. The highest BCUT2D eigenvalue weighted by Crippen LogP contribution is 2.19. The van der Waals surface area contributed by atoms with E-state index in [4.69, 9.17) is 0 Å². The predicted octanol–water partition coefficient (Wildman–Crippen LogP) is 5.04. The number of para-hydroxylation sites is 2. The summed E-state index contributed by atoms with van der Waals surface area (Å²) in [5.41, 5.74) is 6.83. The fourth-order valence-electron chi connectivity index (χ4n) is 2.97. The lowest BCUT2D eigenvalue weighted by Gasteiger charge is -2.03. The Hall–Kier alpha value is -5.45. The lowest BCUT2D eigenvalue weighted by Crippen LogP contribution is -2.17. The van der Waals surface area contributed by atoms with Crippen LogP contribution in [-0.2, 0) is 0 Å². The van der Waals surface area contributed by atoms with Gasteiger partial charge < -0.3 is 0 Å². The van der Waals surface area contributed by atoms with Gasteiger partial charge >= 0.3 is 0 Å². The predicted molar refractivity (Wildman–Crippen MR) is 139 cm³/mol. The highest BCUT2D eigenvalue weighted by molar-refractivity contribution is 5.95. The van der Waals surface area contributed by atoms with Crippen molar-refractivity contribution < 1.29 is 14.6 Å². The minimum Gasteiger partial charge on any atom is -0.279 e. The molecule has 0 bridgehead atoms. The number of hydrazone groups is 2. The number of hydrogen-bond acceptors (Lipinski definition) is 8. The lowest BCUT2D eigenvalue weighted by molar-refractivity contribution is -0.385. The van der Waals surface area contributed by atoms with Crippen molar-refractivity contribution in [1.82, 2.24) is 5.43 Å². The summed E-state index contributed by atoms with van der Waals surface area (Å²) in [5, 5.41) is 29.9. The second kappa shape index (κ2) is 12.7. The number of nitro groups is 2. The van der Waals surface area contributed by atoms with Crippen molar-refractivity contribution in [2.75, 3.05) is 5.43 Å². The number of allylic oxidation sites excluding steroid dienone is 2. The quantitative estimate of drug-likeness (QED) is 0.233. The van der Waals surface area contributed by atoms with Crippen molar-refractivity contribution in [3.05, 3.63) is 122 Å². The number of carbonyl (C=O) groups excluding carboxylic acids is 1. The van der Waals surface area contributed by atoms with Crippen LogP contribution < -0.4 is 10.9 Å². The van der Waals surface area contributed by atoms with E-state index in [0.29, 0.717) is 22.4 Å². The van der Waals surface area contributed by atoms with Gasteiger partial charge in [0.15, 0.2) is 0 Å². The third-order valence-electron chi connectivity index (χ3n) is 4.62. The summed E-state index contributed by atoms with van der Waals surface area (Å²) in [6, 6.07) is 19.1. The fraction of sp³-hybridized carbons (Fsp3) is 0. The Bertz CT molecular complexity index is 1380. The van der Waals surface area contributed by atoms with E-state index < -0.39 is 15.8 Å². The normalized spacial score (nSPS) is 11.4. The van der Waals surface area contributed by atoms with Crippen molar-refractivity contribution in [2.45, 2.75) is 0 Å². The molecule has 0 spiro atoms. The summed E-state index contributed by atoms with van der Waals surface area (Å²) in [4.78, 5) is 33.4. The molecule has 3 rings (SSSR count). The summed E-state index contributed by atoms with van der Waals surface area (Å²) in [5.74, 6) is -0.464. The van der Waals surface area contributed by atoms with E-state index >= 15 is 0 Å². The van der Waals surface area contributed by atoms with Crippen LogP contribution in [0.1, 0.15) is 21.5 Å². The molecule has 0 radical (unpaired) electrons. The monoisotopic (exact) mass is 484 g/mol. The molecule has 0 saturated carbocycles. The molecule has 0 saturated heterocycles. The minimum atomic E-state index is -0.477. The lowest BCUT2D eigenvalue weighted by atomic mass is 10.1. The molecule has 0 aliphatic carbocycles. The zero-order valence-corrected chi connectivity index (χ0v) is 18.7. The van der Waals surface area contributed by atoms with Gasteiger partial charge in [0.25, 0.3) is 17.3 Å². The third-order valence-corrected chi connectivity index (χ3v) is 4.62. The van der Waals surface area contributed by atoms with Crippen LogP contribution in [0.15, 0.2) is 95.2 Å². The van der Waals surface area contributed by atoms with E-state index in [1.165, 1.54) is 36.7 Å². The highest BCUT2D eigenvalue weighted by Gasteiger charge is 2.09. The number of nitro benzene ring substituents is 2. The molecule has 3 aromatic carbocycles. The van der Waals surface area contributed by atoms with Crippen LogP contribution in [-0.4, -0.2) is 28.2 Å². The number of nitrogens with zero attached hydrogens (tertiary/aromatic N) is 4. The Balaban J connectivity index is 1.54. The maximum Gasteiger partial charge on any atom is 0.276 e. The SMILES string of the molecule is O=C(N/N=C\C=C\c1ccccc1[N+](=O)[O-])c1cccc(N/N=C\C=C\c2ccccc2[N+](=O)[O-])c1. The molecule has 1 amide bonds. The van der Waals surface area contributed by atoms with Gasteiger partial charge in [0.2, 0.25) is 0 Å². The van der Waals surface area contributed by atoms with Gasteiger partial charge in [-0.25, -0.2) is 5.43 Å². The number of benzene rings is 3. The minimum absolute atomic E-state index is 0.00616. The van der Waals surface area contributed by atoms with Crippen LogP contribution >= 0.6 is 0 Å². The largest absolute Gasteiger partial charge is 0.279 e. The molecule has 0 aliphatic heterocycles. The second-order valence-corrected chi connectivity index (χ2v) is 7.04. The Morgan fingerprint density at radius 2 is 1.31 bits per heavy atom. The highest BCUT2D eigenvalue weighted by atomic mass is 16.6. The standard InChI is InChI=1S/C25H20N6O5/c32-25(29-27-17-7-12-20-9-2-4-15-24(20)31(35)36)21-10-5-13-22(18-21)28-26-16-6-11-19-8-1-3-14-23(19)30(33)34/h1-18,28H,(H,29,32)/b11-6+,12-7+,26-16-,27-17-. The summed E-state index contributed by atoms with van der Waals surface area (Å²) in [6.07, 6.45) is 8.85. The fourth-order valence-corrected chi connectivity index (χ4v) is 2.97. The van der Waals surface area contributed by atoms with E-state index in [9.17, 15) is 25.0 Å².